The molecule has 0 radical (unpaired) electrons. The van der Waals surface area contributed by atoms with Crippen molar-refractivity contribution in [1.82, 2.24) is 19.9 Å². The number of nitrogens with zero attached hydrogens (tertiary/aromatic N) is 3. The van der Waals surface area contributed by atoms with Crippen molar-refractivity contribution < 1.29 is 17.6 Å². The maximum absolute atomic E-state index is 13.4. The van der Waals surface area contributed by atoms with Crippen LogP contribution in [0.1, 0.15) is 18.2 Å². The largest absolute Gasteiger partial charge is 0.401 e. The van der Waals surface area contributed by atoms with E-state index in [1.807, 2.05) is 6.07 Å². The van der Waals surface area contributed by atoms with Crippen LogP contribution < -0.4 is 0 Å². The van der Waals surface area contributed by atoms with Crippen molar-refractivity contribution in [3.63, 3.8) is 0 Å². The summed E-state index contributed by atoms with van der Waals surface area (Å²) in [4.78, 5) is 13.3. The van der Waals surface area contributed by atoms with E-state index < -0.39 is 12.7 Å². The van der Waals surface area contributed by atoms with Gasteiger partial charge in [-0.05, 0) is 37.2 Å². The van der Waals surface area contributed by atoms with E-state index in [2.05, 4.69) is 15.0 Å². The number of nitrogens with one attached hydrogen (secondary N) is 1. The highest BCUT2D eigenvalue weighted by Gasteiger charge is 2.35. The molecular formula is C20H18F4N4. The third kappa shape index (κ3) is 4.22. The second-order valence-corrected chi connectivity index (χ2v) is 6.96. The van der Waals surface area contributed by atoms with Crippen LogP contribution in [-0.4, -0.2) is 45.7 Å². The van der Waals surface area contributed by atoms with E-state index in [4.69, 9.17) is 0 Å². The molecule has 8 heteroatoms. The Hall–Kier alpha value is -2.74. The molecule has 146 valence electrons. The summed E-state index contributed by atoms with van der Waals surface area (Å²) in [5.41, 5.74) is 2.90. The molecular weight excluding hydrogens is 372 g/mol. The Bertz CT molecular complexity index is 949. The van der Waals surface area contributed by atoms with Crippen molar-refractivity contribution in [3.8, 4) is 22.5 Å². The molecule has 1 saturated heterocycles. The van der Waals surface area contributed by atoms with Crippen LogP contribution in [-0.2, 0) is 0 Å². The van der Waals surface area contributed by atoms with E-state index in [9.17, 15) is 17.6 Å². The zero-order valence-corrected chi connectivity index (χ0v) is 14.9. The molecule has 1 atom stereocenters. The summed E-state index contributed by atoms with van der Waals surface area (Å²) in [5.74, 6) is 0.322. The molecule has 1 N–H and O–H groups in total. The molecule has 0 bridgehead atoms. The van der Waals surface area contributed by atoms with Crippen LogP contribution in [0.15, 0.2) is 48.8 Å². The summed E-state index contributed by atoms with van der Waals surface area (Å²) in [6.45, 7) is -0.143. The lowest BCUT2D eigenvalue weighted by Gasteiger charge is -2.17. The first-order valence-electron chi connectivity index (χ1n) is 8.94. The smallest absolute Gasteiger partial charge is 0.342 e. The first kappa shape index (κ1) is 18.6. The molecule has 3 aromatic rings. The summed E-state index contributed by atoms with van der Waals surface area (Å²) in [6.07, 6.45) is -0.207. The van der Waals surface area contributed by atoms with Crippen LogP contribution in [0, 0.1) is 5.82 Å². The number of hydrogen-bond donors (Lipinski definition) is 1. The molecule has 1 aliphatic heterocycles. The van der Waals surface area contributed by atoms with Gasteiger partial charge >= 0.3 is 6.18 Å². The van der Waals surface area contributed by atoms with E-state index in [1.165, 1.54) is 17.0 Å². The number of benzene rings is 1. The van der Waals surface area contributed by atoms with Gasteiger partial charge in [0.1, 0.15) is 11.6 Å². The minimum absolute atomic E-state index is 0.0457. The van der Waals surface area contributed by atoms with Crippen LogP contribution in [0.2, 0.25) is 0 Å². The van der Waals surface area contributed by atoms with Gasteiger partial charge in [0.25, 0.3) is 0 Å². The van der Waals surface area contributed by atoms with Crippen LogP contribution in [0.3, 0.4) is 0 Å². The molecule has 28 heavy (non-hydrogen) atoms. The van der Waals surface area contributed by atoms with E-state index in [-0.39, 0.29) is 11.7 Å². The number of aromatic amines is 1. The first-order valence-corrected chi connectivity index (χ1v) is 8.94. The fraction of sp³-hybridized carbons (Fsp3) is 0.300. The Balaban J connectivity index is 1.46. The predicted molar refractivity (Wildman–Crippen MR) is 97.1 cm³/mol. The van der Waals surface area contributed by atoms with Gasteiger partial charge in [-0.1, -0.05) is 12.1 Å². The van der Waals surface area contributed by atoms with Crippen molar-refractivity contribution in [2.45, 2.75) is 18.5 Å². The third-order valence-electron chi connectivity index (χ3n) is 4.85. The molecule has 4 rings (SSSR count). The van der Waals surface area contributed by atoms with Gasteiger partial charge in [0.05, 0.1) is 24.1 Å². The number of H-pyrrole nitrogens is 1. The molecule has 4 nitrogen and oxygen atoms in total. The molecule has 0 amide bonds. The minimum atomic E-state index is -4.18. The first-order chi connectivity index (χ1) is 13.4. The fourth-order valence-electron chi connectivity index (χ4n) is 3.52. The predicted octanol–water partition coefficient (Wildman–Crippen LogP) is 4.63. The quantitative estimate of drug-likeness (QED) is 0.661. The number of rotatable bonds is 4. The van der Waals surface area contributed by atoms with Crippen molar-refractivity contribution in [2.24, 2.45) is 0 Å². The number of halogens is 4. The Morgan fingerprint density at radius 1 is 1.07 bits per heavy atom. The second kappa shape index (κ2) is 7.35. The van der Waals surface area contributed by atoms with Crippen molar-refractivity contribution in [2.75, 3.05) is 19.6 Å². The Kier molecular flexibility index (Phi) is 4.89. The third-order valence-corrected chi connectivity index (χ3v) is 4.85. The number of imidazole rings is 1. The van der Waals surface area contributed by atoms with Gasteiger partial charge in [0, 0.05) is 29.8 Å². The highest BCUT2D eigenvalue weighted by atomic mass is 19.4. The summed E-state index contributed by atoms with van der Waals surface area (Å²) >= 11 is 0. The van der Waals surface area contributed by atoms with Crippen LogP contribution in [0.4, 0.5) is 17.6 Å². The lowest BCUT2D eigenvalue weighted by Crippen LogP contribution is -2.32. The second-order valence-electron chi connectivity index (χ2n) is 6.96. The van der Waals surface area contributed by atoms with Gasteiger partial charge in [-0.25, -0.2) is 9.37 Å². The Labute approximate surface area is 159 Å². The minimum Gasteiger partial charge on any atom is -0.342 e. The van der Waals surface area contributed by atoms with E-state index in [0.29, 0.717) is 36.6 Å². The zero-order chi connectivity index (χ0) is 19.7. The topological polar surface area (TPSA) is 44.8 Å². The Morgan fingerprint density at radius 3 is 2.64 bits per heavy atom. The van der Waals surface area contributed by atoms with Crippen molar-refractivity contribution >= 4 is 0 Å². The highest BCUT2D eigenvalue weighted by molar-refractivity contribution is 5.64. The van der Waals surface area contributed by atoms with Gasteiger partial charge in [-0.2, -0.15) is 13.2 Å². The van der Waals surface area contributed by atoms with E-state index in [0.717, 1.165) is 11.3 Å². The maximum Gasteiger partial charge on any atom is 0.401 e. The lowest BCUT2D eigenvalue weighted by atomic mass is 10.1. The number of alkyl halides is 3. The highest BCUT2D eigenvalue weighted by Crippen LogP contribution is 2.29. The average molecular weight is 390 g/mol. The monoisotopic (exact) mass is 390 g/mol. The summed E-state index contributed by atoms with van der Waals surface area (Å²) < 4.78 is 51.0. The van der Waals surface area contributed by atoms with E-state index >= 15 is 0 Å². The Morgan fingerprint density at radius 2 is 1.93 bits per heavy atom. The van der Waals surface area contributed by atoms with Crippen molar-refractivity contribution in [1.29, 1.82) is 0 Å². The SMILES string of the molecule is Fc1cccc(-c2ccc(-c3cnc(C4CCN(CC(F)(F)F)C4)[nH]3)cn2)c1. The summed E-state index contributed by atoms with van der Waals surface area (Å²) in [6, 6.07) is 9.86. The summed E-state index contributed by atoms with van der Waals surface area (Å²) in [5, 5.41) is 0. The molecule has 1 fully saturated rings. The molecule has 3 heterocycles. The van der Waals surface area contributed by atoms with Crippen molar-refractivity contribution in [3.05, 3.63) is 60.4 Å². The molecule has 1 aliphatic rings. The maximum atomic E-state index is 13.4. The number of pyridine rings is 1. The molecule has 2 aromatic heterocycles. The standard InChI is InChI=1S/C20H18F4N4/c21-16-3-1-2-13(8-16)17-5-4-14(9-25-17)18-10-26-19(27-18)15-6-7-28(11-15)12-20(22,23)24/h1-5,8-10,15H,6-7,11-12H2,(H,26,27). The fourth-order valence-corrected chi connectivity index (χ4v) is 3.52. The number of aromatic nitrogens is 3. The molecule has 1 aromatic carbocycles. The average Bonchev–Trinajstić information content (AvgIpc) is 3.30. The van der Waals surface area contributed by atoms with Crippen LogP contribution in [0.5, 0.6) is 0 Å². The number of hydrogen-bond acceptors (Lipinski definition) is 3. The number of likely N-dealkylation sites (tertiary alicyclic amines) is 1. The molecule has 0 spiro atoms. The lowest BCUT2D eigenvalue weighted by molar-refractivity contribution is -0.143. The normalized spacial score (nSPS) is 17.9. The van der Waals surface area contributed by atoms with Gasteiger partial charge in [-0.15, -0.1) is 0 Å². The molecule has 1 unspecified atom stereocenters. The van der Waals surface area contributed by atoms with Gasteiger partial charge in [0.15, 0.2) is 0 Å². The van der Waals surface area contributed by atoms with Gasteiger partial charge in [-0.3, -0.25) is 9.88 Å². The van der Waals surface area contributed by atoms with E-state index in [1.54, 1.807) is 30.6 Å². The zero-order valence-electron chi connectivity index (χ0n) is 14.9. The van der Waals surface area contributed by atoms with Crippen LogP contribution in [0.25, 0.3) is 22.5 Å². The summed E-state index contributed by atoms with van der Waals surface area (Å²) in [7, 11) is 0. The van der Waals surface area contributed by atoms with Gasteiger partial charge in [0.2, 0.25) is 0 Å². The van der Waals surface area contributed by atoms with Crippen LogP contribution >= 0.6 is 0 Å². The van der Waals surface area contributed by atoms with Gasteiger partial charge < -0.3 is 4.98 Å². The molecule has 0 aliphatic carbocycles. The molecule has 0 saturated carbocycles.